The first-order chi connectivity index (χ1) is 18.5. The van der Waals surface area contributed by atoms with E-state index >= 15 is 4.39 Å². The average Bonchev–Trinajstić information content (AvgIpc) is 3.50. The van der Waals surface area contributed by atoms with Crippen molar-refractivity contribution in [3.63, 3.8) is 0 Å². The van der Waals surface area contributed by atoms with Crippen LogP contribution in [0.15, 0.2) is 48.5 Å². The highest BCUT2D eigenvalue weighted by atomic mass is 19.1. The SMILES string of the molecule is O=C1NCCC1COc1nc(N2C[C@H]3CC[C@@H](C2)N3)c2ccc(-c3cc(O)cc4ccccc34)c(F)c2n1. The highest BCUT2D eigenvalue weighted by Gasteiger charge is 2.34. The molecule has 1 unspecified atom stereocenters. The molecule has 0 spiro atoms. The molecule has 3 N–H and O–H groups in total. The molecule has 3 saturated heterocycles. The molecule has 4 heterocycles. The lowest BCUT2D eigenvalue weighted by Crippen LogP contribution is -2.51. The minimum atomic E-state index is -0.497. The van der Waals surface area contributed by atoms with Gasteiger partial charge in [0.2, 0.25) is 5.91 Å². The Morgan fingerprint density at radius 1 is 1.00 bits per heavy atom. The standard InChI is InChI=1S/C29H28FN5O3/c30-25-22(24-12-20(36)11-16-3-1-2-4-21(16)24)7-8-23-26(25)33-29(38-15-17-9-10-31-28(17)37)34-27(23)35-13-18-5-6-19(14-35)32-18/h1-4,7-8,11-12,17-19,32,36H,5-6,9-10,13-15H2,(H,31,37)/t17?,18-,19+. The number of anilines is 1. The molecule has 3 aliphatic rings. The predicted molar refractivity (Wildman–Crippen MR) is 143 cm³/mol. The van der Waals surface area contributed by atoms with Crippen LogP contribution in [0.4, 0.5) is 10.2 Å². The maximum absolute atomic E-state index is 16.4. The minimum absolute atomic E-state index is 0.0473. The number of amides is 1. The number of ether oxygens (including phenoxy) is 1. The maximum atomic E-state index is 16.4. The number of aromatic hydroxyl groups is 1. The zero-order valence-electron chi connectivity index (χ0n) is 20.8. The summed E-state index contributed by atoms with van der Waals surface area (Å²) in [5.74, 6) is -0.109. The van der Waals surface area contributed by atoms with Crippen LogP contribution in [-0.4, -0.2) is 59.3 Å². The first-order valence-electron chi connectivity index (χ1n) is 13.2. The van der Waals surface area contributed by atoms with E-state index in [4.69, 9.17) is 9.72 Å². The van der Waals surface area contributed by atoms with Gasteiger partial charge in [0, 0.05) is 42.7 Å². The molecule has 4 aromatic rings. The number of phenols is 1. The molecule has 1 amide bonds. The topological polar surface area (TPSA) is 99.6 Å². The van der Waals surface area contributed by atoms with Crippen LogP contribution in [0.5, 0.6) is 11.8 Å². The number of carbonyl (C=O) groups excluding carboxylic acids is 1. The molecule has 0 aliphatic carbocycles. The predicted octanol–water partition coefficient (Wildman–Crippen LogP) is 3.75. The zero-order valence-corrected chi connectivity index (χ0v) is 20.8. The number of rotatable bonds is 5. The molecular formula is C29H28FN5O3. The number of nitrogens with zero attached hydrogens (tertiary/aromatic N) is 3. The van der Waals surface area contributed by atoms with Crippen molar-refractivity contribution in [1.29, 1.82) is 0 Å². The second-order valence-electron chi connectivity index (χ2n) is 10.5. The third-order valence-corrected chi connectivity index (χ3v) is 8.00. The summed E-state index contributed by atoms with van der Waals surface area (Å²) in [6.45, 7) is 2.31. The maximum Gasteiger partial charge on any atom is 0.319 e. The Bertz CT molecular complexity index is 1570. The van der Waals surface area contributed by atoms with Crippen LogP contribution in [-0.2, 0) is 4.79 Å². The summed E-state index contributed by atoms with van der Waals surface area (Å²) in [7, 11) is 0. The van der Waals surface area contributed by atoms with E-state index in [0.29, 0.717) is 47.4 Å². The number of fused-ring (bicyclic) bond motifs is 4. The van der Waals surface area contributed by atoms with Gasteiger partial charge < -0.3 is 25.4 Å². The van der Waals surface area contributed by atoms with Gasteiger partial charge in [-0.25, -0.2) is 4.39 Å². The molecule has 0 radical (unpaired) electrons. The average molecular weight is 514 g/mol. The monoisotopic (exact) mass is 513 g/mol. The summed E-state index contributed by atoms with van der Waals surface area (Å²) in [5, 5.41) is 19.1. The number of nitrogens with one attached hydrogen (secondary N) is 2. The zero-order chi connectivity index (χ0) is 25.8. The Balaban J connectivity index is 1.36. The summed E-state index contributed by atoms with van der Waals surface area (Å²) in [5.41, 5.74) is 1.10. The van der Waals surface area contributed by atoms with Crippen molar-refractivity contribution >= 4 is 33.4 Å². The van der Waals surface area contributed by atoms with Crippen molar-refractivity contribution in [2.45, 2.75) is 31.3 Å². The Morgan fingerprint density at radius 3 is 2.61 bits per heavy atom. The van der Waals surface area contributed by atoms with Crippen molar-refractivity contribution in [2.75, 3.05) is 31.1 Å². The van der Waals surface area contributed by atoms with Crippen LogP contribution in [0.1, 0.15) is 19.3 Å². The quantitative estimate of drug-likeness (QED) is 0.374. The van der Waals surface area contributed by atoms with Crippen molar-refractivity contribution in [2.24, 2.45) is 5.92 Å². The number of carbonyl (C=O) groups is 1. The highest BCUT2D eigenvalue weighted by Crippen LogP contribution is 2.39. The molecule has 2 bridgehead atoms. The van der Waals surface area contributed by atoms with Gasteiger partial charge in [0.15, 0.2) is 5.82 Å². The largest absolute Gasteiger partial charge is 0.508 e. The van der Waals surface area contributed by atoms with Crippen LogP contribution >= 0.6 is 0 Å². The van der Waals surface area contributed by atoms with Gasteiger partial charge in [0.25, 0.3) is 0 Å². The fourth-order valence-electron chi connectivity index (χ4n) is 6.11. The van der Waals surface area contributed by atoms with Crippen molar-refractivity contribution in [3.8, 4) is 22.9 Å². The number of halogens is 1. The van der Waals surface area contributed by atoms with E-state index in [2.05, 4.69) is 20.5 Å². The third-order valence-electron chi connectivity index (χ3n) is 8.00. The van der Waals surface area contributed by atoms with Gasteiger partial charge in [-0.15, -0.1) is 0 Å². The molecule has 3 atom stereocenters. The molecule has 3 aliphatic heterocycles. The van der Waals surface area contributed by atoms with Crippen LogP contribution < -0.4 is 20.3 Å². The second kappa shape index (κ2) is 9.09. The minimum Gasteiger partial charge on any atom is -0.508 e. The number of benzene rings is 3. The molecule has 194 valence electrons. The molecule has 9 heteroatoms. The van der Waals surface area contributed by atoms with E-state index in [0.717, 1.165) is 36.7 Å². The van der Waals surface area contributed by atoms with Crippen LogP contribution in [0, 0.1) is 11.7 Å². The molecule has 3 aromatic carbocycles. The number of hydrogen-bond donors (Lipinski definition) is 3. The highest BCUT2D eigenvalue weighted by molar-refractivity contribution is 6.01. The van der Waals surface area contributed by atoms with Crippen molar-refractivity contribution in [3.05, 3.63) is 54.3 Å². The normalized spacial score (nSPS) is 22.8. The molecule has 38 heavy (non-hydrogen) atoms. The Kier molecular flexibility index (Phi) is 5.54. The Morgan fingerprint density at radius 2 is 1.82 bits per heavy atom. The van der Waals surface area contributed by atoms with Crippen LogP contribution in [0.25, 0.3) is 32.8 Å². The van der Waals surface area contributed by atoms with E-state index < -0.39 is 5.82 Å². The van der Waals surface area contributed by atoms with Crippen molar-refractivity contribution in [1.82, 2.24) is 20.6 Å². The summed E-state index contributed by atoms with van der Waals surface area (Å²) in [6.07, 6.45) is 2.89. The summed E-state index contributed by atoms with van der Waals surface area (Å²) >= 11 is 0. The van der Waals surface area contributed by atoms with E-state index in [1.165, 1.54) is 0 Å². The summed E-state index contributed by atoms with van der Waals surface area (Å²) < 4.78 is 22.3. The van der Waals surface area contributed by atoms with E-state index in [9.17, 15) is 9.90 Å². The number of aromatic nitrogens is 2. The lowest BCUT2D eigenvalue weighted by Gasteiger charge is -2.34. The first kappa shape index (κ1) is 23.2. The number of phenolic OH excluding ortho intramolecular Hbond substituents is 1. The first-order valence-corrected chi connectivity index (χ1v) is 13.2. The fourth-order valence-corrected chi connectivity index (χ4v) is 6.11. The lowest BCUT2D eigenvalue weighted by molar-refractivity contribution is -0.123. The Hall–Kier alpha value is -3.98. The summed E-state index contributed by atoms with van der Waals surface area (Å²) in [4.78, 5) is 23.5. The van der Waals surface area contributed by atoms with Gasteiger partial charge >= 0.3 is 6.01 Å². The van der Waals surface area contributed by atoms with Crippen LogP contribution in [0.3, 0.4) is 0 Å². The van der Waals surface area contributed by atoms with Gasteiger partial charge in [-0.3, -0.25) is 4.79 Å². The molecule has 0 saturated carbocycles. The van der Waals surface area contributed by atoms with Gasteiger partial charge in [-0.2, -0.15) is 9.97 Å². The molecule has 3 fully saturated rings. The molecule has 8 nitrogen and oxygen atoms in total. The van der Waals surface area contributed by atoms with E-state index in [1.54, 1.807) is 18.2 Å². The van der Waals surface area contributed by atoms with Gasteiger partial charge in [0.1, 0.15) is 23.7 Å². The fraction of sp³-hybridized carbons (Fsp3) is 0.345. The second-order valence-corrected chi connectivity index (χ2v) is 10.5. The molecular weight excluding hydrogens is 485 g/mol. The van der Waals surface area contributed by atoms with E-state index in [1.807, 2.05) is 30.3 Å². The van der Waals surface area contributed by atoms with Gasteiger partial charge in [-0.1, -0.05) is 30.3 Å². The Labute approximate surface area is 218 Å². The van der Waals surface area contributed by atoms with Crippen LogP contribution in [0.2, 0.25) is 0 Å². The molecule has 7 rings (SSSR count). The number of hydrogen-bond acceptors (Lipinski definition) is 7. The number of piperazine rings is 1. The smallest absolute Gasteiger partial charge is 0.319 e. The van der Waals surface area contributed by atoms with E-state index in [-0.39, 0.29) is 35.7 Å². The molecule has 1 aromatic heterocycles. The third kappa shape index (κ3) is 3.98. The van der Waals surface area contributed by atoms with Crippen molar-refractivity contribution < 1.29 is 19.0 Å². The van der Waals surface area contributed by atoms with Gasteiger partial charge in [-0.05, 0) is 53.8 Å². The lowest BCUT2D eigenvalue weighted by atomic mass is 9.96. The van der Waals surface area contributed by atoms with Gasteiger partial charge in [0.05, 0.1) is 5.92 Å². The summed E-state index contributed by atoms with van der Waals surface area (Å²) in [6, 6.07) is 15.2.